The molecule has 0 saturated carbocycles. The summed E-state index contributed by atoms with van der Waals surface area (Å²) in [5.41, 5.74) is 7.15. The van der Waals surface area contributed by atoms with Gasteiger partial charge in [0.25, 0.3) is 0 Å². The van der Waals surface area contributed by atoms with Crippen molar-refractivity contribution in [2.45, 2.75) is 25.7 Å². The third kappa shape index (κ3) is 2.38. The topological polar surface area (TPSA) is 44.5 Å². The van der Waals surface area contributed by atoms with Crippen molar-refractivity contribution in [3.05, 3.63) is 29.8 Å². The van der Waals surface area contributed by atoms with Gasteiger partial charge in [-0.15, -0.1) is 0 Å². The maximum absolute atomic E-state index is 5.70. The van der Waals surface area contributed by atoms with E-state index in [0.717, 1.165) is 31.9 Å². The van der Waals surface area contributed by atoms with Crippen LogP contribution in [0.2, 0.25) is 0 Å². The molecule has 2 rings (SSSR count). The van der Waals surface area contributed by atoms with Gasteiger partial charge in [-0.25, -0.2) is 0 Å². The van der Waals surface area contributed by atoms with E-state index in [9.17, 15) is 0 Å². The van der Waals surface area contributed by atoms with Gasteiger partial charge in [0.15, 0.2) is 0 Å². The summed E-state index contributed by atoms with van der Waals surface area (Å²) in [6.07, 6.45) is 1.03. The van der Waals surface area contributed by atoms with Crippen LogP contribution in [0.15, 0.2) is 24.3 Å². The van der Waals surface area contributed by atoms with Crippen LogP contribution in [0.5, 0.6) is 5.75 Å². The Labute approximate surface area is 109 Å². The Morgan fingerprint density at radius 1 is 1.44 bits per heavy atom. The molecule has 100 valence electrons. The molecular formula is C15H23NO2. The Hall–Kier alpha value is -1.06. The molecule has 0 amide bonds. The van der Waals surface area contributed by atoms with Gasteiger partial charge in [-0.2, -0.15) is 0 Å². The Kier molecular flexibility index (Phi) is 4.25. The fourth-order valence-corrected chi connectivity index (χ4v) is 2.65. The van der Waals surface area contributed by atoms with Gasteiger partial charge < -0.3 is 15.2 Å². The minimum atomic E-state index is 0.131. The summed E-state index contributed by atoms with van der Waals surface area (Å²) >= 11 is 0. The molecule has 0 radical (unpaired) electrons. The molecule has 2 N–H and O–H groups in total. The van der Waals surface area contributed by atoms with E-state index in [4.69, 9.17) is 15.2 Å². The van der Waals surface area contributed by atoms with Crippen LogP contribution in [-0.4, -0.2) is 26.4 Å². The van der Waals surface area contributed by atoms with Gasteiger partial charge in [-0.3, -0.25) is 0 Å². The van der Waals surface area contributed by atoms with Crippen molar-refractivity contribution < 1.29 is 9.47 Å². The van der Waals surface area contributed by atoms with Crippen LogP contribution in [0.3, 0.4) is 0 Å². The Balaban J connectivity index is 2.24. The zero-order valence-electron chi connectivity index (χ0n) is 11.3. The smallest absolute Gasteiger partial charge is 0.119 e. The van der Waals surface area contributed by atoms with Crippen LogP contribution >= 0.6 is 0 Å². The van der Waals surface area contributed by atoms with Crippen molar-refractivity contribution >= 4 is 0 Å². The van der Waals surface area contributed by atoms with E-state index >= 15 is 0 Å². The fraction of sp³-hybridized carbons (Fsp3) is 0.600. The lowest BCUT2D eigenvalue weighted by molar-refractivity contribution is -0.0883. The molecule has 18 heavy (non-hydrogen) atoms. The summed E-state index contributed by atoms with van der Waals surface area (Å²) in [6.45, 7) is 7.29. The first-order valence-electron chi connectivity index (χ1n) is 6.74. The Morgan fingerprint density at radius 2 is 2.22 bits per heavy atom. The van der Waals surface area contributed by atoms with E-state index in [-0.39, 0.29) is 5.41 Å². The highest BCUT2D eigenvalue weighted by molar-refractivity contribution is 5.36. The van der Waals surface area contributed by atoms with Crippen molar-refractivity contribution in [2.24, 2.45) is 11.7 Å². The summed E-state index contributed by atoms with van der Waals surface area (Å²) in [5.74, 6) is 1.48. The van der Waals surface area contributed by atoms with Crippen molar-refractivity contribution in [1.82, 2.24) is 0 Å². The van der Waals surface area contributed by atoms with Crippen molar-refractivity contribution in [2.75, 3.05) is 26.4 Å². The van der Waals surface area contributed by atoms with Gasteiger partial charge in [0.1, 0.15) is 5.75 Å². The first-order chi connectivity index (χ1) is 8.73. The number of nitrogens with two attached hydrogens (primary N) is 1. The Bertz CT molecular complexity index is 388. The van der Waals surface area contributed by atoms with Crippen molar-refractivity contribution in [3.63, 3.8) is 0 Å². The van der Waals surface area contributed by atoms with Crippen LogP contribution in [0.1, 0.15) is 25.8 Å². The summed E-state index contributed by atoms with van der Waals surface area (Å²) < 4.78 is 11.1. The normalized spacial score (nSPS) is 19.1. The molecule has 1 heterocycles. The molecule has 3 heteroatoms. The van der Waals surface area contributed by atoms with Crippen molar-refractivity contribution in [3.8, 4) is 5.75 Å². The largest absolute Gasteiger partial charge is 0.494 e. The zero-order valence-corrected chi connectivity index (χ0v) is 11.3. The lowest BCUT2D eigenvalue weighted by Gasteiger charge is -2.46. The summed E-state index contributed by atoms with van der Waals surface area (Å²) in [7, 11) is 0. The fourth-order valence-electron chi connectivity index (χ4n) is 2.65. The molecule has 0 bridgehead atoms. The monoisotopic (exact) mass is 249 g/mol. The molecule has 1 fully saturated rings. The number of rotatable bonds is 6. The highest BCUT2D eigenvalue weighted by Crippen LogP contribution is 2.41. The van der Waals surface area contributed by atoms with Crippen LogP contribution in [0.4, 0.5) is 0 Å². The molecule has 1 unspecified atom stereocenters. The Morgan fingerprint density at radius 3 is 2.78 bits per heavy atom. The average molecular weight is 249 g/mol. The average Bonchev–Trinajstić information content (AvgIpc) is 2.29. The molecular weight excluding hydrogens is 226 g/mol. The van der Waals surface area contributed by atoms with Crippen LogP contribution in [0, 0.1) is 5.92 Å². The third-order valence-electron chi connectivity index (χ3n) is 3.98. The minimum Gasteiger partial charge on any atom is -0.494 e. The van der Waals surface area contributed by atoms with Gasteiger partial charge >= 0.3 is 0 Å². The predicted octanol–water partition coefficient (Wildman–Crippen LogP) is 2.34. The molecule has 1 saturated heterocycles. The summed E-state index contributed by atoms with van der Waals surface area (Å²) in [5, 5.41) is 0. The minimum absolute atomic E-state index is 0.131. The molecule has 1 atom stereocenters. The molecule has 0 spiro atoms. The van der Waals surface area contributed by atoms with Crippen LogP contribution in [-0.2, 0) is 10.2 Å². The lowest BCUT2D eigenvalue weighted by atomic mass is 9.68. The highest BCUT2D eigenvalue weighted by atomic mass is 16.5. The maximum Gasteiger partial charge on any atom is 0.119 e. The lowest BCUT2D eigenvalue weighted by Crippen LogP contribution is -2.52. The van der Waals surface area contributed by atoms with E-state index in [2.05, 4.69) is 25.1 Å². The van der Waals surface area contributed by atoms with Crippen LogP contribution < -0.4 is 10.5 Å². The van der Waals surface area contributed by atoms with Gasteiger partial charge in [0.2, 0.25) is 0 Å². The first kappa shape index (κ1) is 13.4. The van der Waals surface area contributed by atoms with E-state index < -0.39 is 0 Å². The van der Waals surface area contributed by atoms with E-state index in [1.807, 2.05) is 13.0 Å². The number of benzene rings is 1. The number of hydrogen-bond acceptors (Lipinski definition) is 3. The second-order valence-corrected chi connectivity index (χ2v) is 5.09. The molecule has 1 aromatic rings. The zero-order chi connectivity index (χ0) is 13.0. The second-order valence-electron chi connectivity index (χ2n) is 5.09. The maximum atomic E-state index is 5.70. The quantitative estimate of drug-likeness (QED) is 0.841. The summed E-state index contributed by atoms with van der Waals surface area (Å²) in [6, 6.07) is 8.40. The van der Waals surface area contributed by atoms with Gasteiger partial charge in [-0.05, 0) is 43.5 Å². The highest BCUT2D eigenvalue weighted by Gasteiger charge is 2.44. The molecule has 1 aliphatic heterocycles. The van der Waals surface area contributed by atoms with Crippen LogP contribution in [0.25, 0.3) is 0 Å². The molecule has 0 aromatic heterocycles. The standard InChI is InChI=1S/C15H23NO2/c1-3-18-14-6-4-5-13(9-14)15(10-17-11-15)12(2)7-8-16/h4-6,9,12H,3,7-8,10-11,16H2,1-2H3. The van der Waals surface area contributed by atoms with E-state index in [0.29, 0.717) is 12.5 Å². The first-order valence-corrected chi connectivity index (χ1v) is 6.74. The van der Waals surface area contributed by atoms with Crippen molar-refractivity contribution in [1.29, 1.82) is 0 Å². The number of hydrogen-bond donors (Lipinski definition) is 1. The van der Waals surface area contributed by atoms with E-state index in [1.165, 1.54) is 5.56 Å². The summed E-state index contributed by atoms with van der Waals surface area (Å²) in [4.78, 5) is 0. The predicted molar refractivity (Wildman–Crippen MR) is 72.9 cm³/mol. The molecule has 0 aliphatic carbocycles. The second kappa shape index (κ2) is 5.72. The van der Waals surface area contributed by atoms with E-state index in [1.54, 1.807) is 0 Å². The third-order valence-corrected chi connectivity index (χ3v) is 3.98. The van der Waals surface area contributed by atoms with Gasteiger partial charge in [0.05, 0.1) is 19.8 Å². The SMILES string of the molecule is CCOc1cccc(C2(C(C)CCN)COC2)c1. The molecule has 1 aliphatic rings. The molecule has 1 aromatic carbocycles. The van der Waals surface area contributed by atoms with Gasteiger partial charge in [0, 0.05) is 5.41 Å². The molecule has 3 nitrogen and oxygen atoms in total. The van der Waals surface area contributed by atoms with Gasteiger partial charge in [-0.1, -0.05) is 19.1 Å². The number of ether oxygens (including phenoxy) is 2.